The van der Waals surface area contributed by atoms with Crippen molar-refractivity contribution in [3.05, 3.63) is 60.1 Å². The summed E-state index contributed by atoms with van der Waals surface area (Å²) in [4.78, 5) is 37.6. The summed E-state index contributed by atoms with van der Waals surface area (Å²) in [5.41, 5.74) is 4.82. The second kappa shape index (κ2) is 12.9. The van der Waals surface area contributed by atoms with Gasteiger partial charge in [0.2, 0.25) is 5.91 Å². The van der Waals surface area contributed by atoms with Gasteiger partial charge in [-0.15, -0.1) is 12.4 Å². The van der Waals surface area contributed by atoms with E-state index >= 15 is 4.39 Å². The van der Waals surface area contributed by atoms with E-state index in [-0.39, 0.29) is 83.9 Å². The van der Waals surface area contributed by atoms with Crippen molar-refractivity contribution >= 4 is 41.4 Å². The number of nitrogens with one attached hydrogen (secondary N) is 1. The van der Waals surface area contributed by atoms with Gasteiger partial charge in [0.1, 0.15) is 12.4 Å². The number of benzene rings is 1. The summed E-state index contributed by atoms with van der Waals surface area (Å²) in [5.74, 6) is -1.17. The minimum atomic E-state index is -4.78. The van der Waals surface area contributed by atoms with Crippen LogP contribution in [0.1, 0.15) is 35.3 Å². The van der Waals surface area contributed by atoms with Gasteiger partial charge in [-0.25, -0.2) is 14.4 Å². The fourth-order valence-electron chi connectivity index (χ4n) is 5.88. The number of halogens is 5. The topological polar surface area (TPSA) is 150 Å². The number of nitrogens with zero attached hydrogens (tertiary/aromatic N) is 8. The molecule has 1 aliphatic carbocycles. The Morgan fingerprint density at radius 1 is 1.11 bits per heavy atom. The van der Waals surface area contributed by atoms with E-state index in [9.17, 15) is 22.8 Å². The van der Waals surface area contributed by atoms with Gasteiger partial charge < -0.3 is 20.9 Å². The van der Waals surface area contributed by atoms with Crippen LogP contribution in [0.15, 0.2) is 43.0 Å². The van der Waals surface area contributed by atoms with E-state index in [0.717, 1.165) is 29.8 Å². The number of carbonyl (C=O) groups excluding carboxylic acids is 2. The molecule has 4 aromatic rings. The van der Waals surface area contributed by atoms with E-state index in [4.69, 9.17) is 11.0 Å². The molecule has 17 heteroatoms. The second-order valence-electron chi connectivity index (χ2n) is 11.1. The fraction of sp³-hybridized carbons (Fsp3) is 0.379. The molecule has 242 valence electrons. The van der Waals surface area contributed by atoms with Gasteiger partial charge in [-0.3, -0.25) is 18.7 Å². The average molecular weight is 661 g/mol. The summed E-state index contributed by atoms with van der Waals surface area (Å²) in [5, 5.41) is 15.4. The maximum Gasteiger partial charge on any atom is 0.435 e. The van der Waals surface area contributed by atoms with E-state index < -0.39 is 23.6 Å². The Kier molecular flexibility index (Phi) is 9.17. The van der Waals surface area contributed by atoms with Crippen LogP contribution in [0.5, 0.6) is 0 Å². The zero-order chi connectivity index (χ0) is 31.9. The average Bonchev–Trinajstić information content (AvgIpc) is 3.75. The Bertz CT molecular complexity index is 1810. The molecule has 1 aromatic carbocycles. The number of hydrogen-bond donors (Lipinski definition) is 2. The molecular weight excluding hydrogens is 632 g/mol. The minimum absolute atomic E-state index is 0. The number of nitriles is 1. The predicted molar refractivity (Wildman–Crippen MR) is 160 cm³/mol. The molecule has 2 aliphatic rings. The summed E-state index contributed by atoms with van der Waals surface area (Å²) in [6.07, 6.45) is 2.60. The van der Waals surface area contributed by atoms with Crippen molar-refractivity contribution in [3.8, 4) is 17.3 Å². The number of nitrogens with two attached hydrogens (primary N) is 1. The van der Waals surface area contributed by atoms with Crippen molar-refractivity contribution in [3.63, 3.8) is 0 Å². The number of alkyl halides is 3. The lowest BCUT2D eigenvalue weighted by atomic mass is 10.1. The third-order valence-electron chi connectivity index (χ3n) is 8.13. The Labute approximate surface area is 266 Å². The number of hydrogen-bond acceptors (Lipinski definition) is 8. The SMILES string of the molecule is Cl.N#CCn1cc(-c2cnc3c(Nc4ccc(C(=O)N5CCN(C(=O)[C@H]6CC[C@@H](N)C6)CC5)c(F)c4)nccn23)c(C(F)(F)F)n1. The normalized spacial score (nSPS) is 18.3. The minimum Gasteiger partial charge on any atom is -0.339 e. The molecule has 6 rings (SSSR count). The first-order valence-electron chi connectivity index (χ1n) is 14.3. The van der Waals surface area contributed by atoms with Gasteiger partial charge in [0.05, 0.1) is 29.1 Å². The summed E-state index contributed by atoms with van der Waals surface area (Å²) in [7, 11) is 0. The second-order valence-corrected chi connectivity index (χ2v) is 11.1. The van der Waals surface area contributed by atoms with Crippen LogP contribution in [0.2, 0.25) is 0 Å². The predicted octanol–water partition coefficient (Wildman–Crippen LogP) is 3.85. The summed E-state index contributed by atoms with van der Waals surface area (Å²) < 4.78 is 58.7. The van der Waals surface area contributed by atoms with Crippen molar-refractivity contribution in [1.82, 2.24) is 33.9 Å². The Morgan fingerprint density at radius 3 is 2.50 bits per heavy atom. The Morgan fingerprint density at radius 2 is 1.85 bits per heavy atom. The third-order valence-corrected chi connectivity index (χ3v) is 8.13. The number of aromatic nitrogens is 5. The highest BCUT2D eigenvalue weighted by molar-refractivity contribution is 5.95. The van der Waals surface area contributed by atoms with E-state index in [1.165, 1.54) is 40.0 Å². The van der Waals surface area contributed by atoms with Crippen LogP contribution in [-0.2, 0) is 17.5 Å². The first-order valence-corrected chi connectivity index (χ1v) is 14.3. The van der Waals surface area contributed by atoms with Crippen molar-refractivity contribution < 1.29 is 27.2 Å². The molecule has 3 aromatic heterocycles. The molecular formula is C29H29ClF4N10O2. The van der Waals surface area contributed by atoms with Crippen LogP contribution in [0.3, 0.4) is 0 Å². The lowest BCUT2D eigenvalue weighted by Gasteiger charge is -2.36. The van der Waals surface area contributed by atoms with Crippen LogP contribution in [0, 0.1) is 23.1 Å². The van der Waals surface area contributed by atoms with Crippen LogP contribution >= 0.6 is 12.4 Å². The number of anilines is 2. The van der Waals surface area contributed by atoms with Gasteiger partial charge in [0.25, 0.3) is 5.91 Å². The van der Waals surface area contributed by atoms with Crippen molar-refractivity contribution in [1.29, 1.82) is 5.26 Å². The Hall–Kier alpha value is -4.75. The smallest absolute Gasteiger partial charge is 0.339 e. The standard InChI is InChI=1S/C29H28F4N10O2.ClH/c30-22-14-19(3-4-20(22)28(45)41-11-9-40(10-12-41)27(44)17-1-2-18(35)13-17)38-25-26-37-15-23(43(26)8-6-36-25)21-16-42(7-5-34)39-24(21)29(31,32)33;/h3-4,6,8,14-18H,1-2,7,9-13,35H2,(H,36,38);1H/t17-,18+;/m0./s1. The number of rotatable bonds is 6. The van der Waals surface area contributed by atoms with E-state index in [1.54, 1.807) is 11.0 Å². The molecule has 1 saturated heterocycles. The van der Waals surface area contributed by atoms with Gasteiger partial charge >= 0.3 is 6.18 Å². The lowest BCUT2D eigenvalue weighted by molar-refractivity contribution is -0.141. The highest BCUT2D eigenvalue weighted by Gasteiger charge is 2.38. The third kappa shape index (κ3) is 6.33. The fourth-order valence-corrected chi connectivity index (χ4v) is 5.88. The largest absolute Gasteiger partial charge is 0.435 e. The van der Waals surface area contributed by atoms with Gasteiger partial charge in [0, 0.05) is 62.4 Å². The van der Waals surface area contributed by atoms with Gasteiger partial charge in [-0.1, -0.05) is 0 Å². The highest BCUT2D eigenvalue weighted by Crippen LogP contribution is 2.37. The maximum absolute atomic E-state index is 15.2. The molecule has 2 atom stereocenters. The number of carbonyl (C=O) groups is 2. The Balaban J connectivity index is 0.00000417. The zero-order valence-corrected chi connectivity index (χ0v) is 25.1. The molecule has 0 spiro atoms. The monoisotopic (exact) mass is 660 g/mol. The molecule has 0 unspecified atom stereocenters. The summed E-state index contributed by atoms with van der Waals surface area (Å²) in [6, 6.07) is 5.76. The number of piperazine rings is 1. The van der Waals surface area contributed by atoms with Gasteiger partial charge in [0.15, 0.2) is 17.2 Å². The zero-order valence-electron chi connectivity index (χ0n) is 24.2. The quantitative estimate of drug-likeness (QED) is 0.296. The molecule has 2 fully saturated rings. The highest BCUT2D eigenvalue weighted by atomic mass is 35.5. The number of imidazole rings is 1. The van der Waals surface area contributed by atoms with Crippen LogP contribution in [0.25, 0.3) is 16.9 Å². The summed E-state index contributed by atoms with van der Waals surface area (Å²) in [6.45, 7) is 0.918. The molecule has 4 heterocycles. The number of fused-ring (bicyclic) bond motifs is 1. The first kappa shape index (κ1) is 32.6. The van der Waals surface area contributed by atoms with E-state index in [1.807, 2.05) is 0 Å². The molecule has 3 N–H and O–H groups in total. The maximum atomic E-state index is 15.2. The molecule has 1 saturated carbocycles. The van der Waals surface area contributed by atoms with Crippen LogP contribution in [-0.4, -0.2) is 78.0 Å². The molecule has 46 heavy (non-hydrogen) atoms. The van der Waals surface area contributed by atoms with Gasteiger partial charge in [-0.2, -0.15) is 23.5 Å². The van der Waals surface area contributed by atoms with Crippen LogP contribution in [0.4, 0.5) is 29.1 Å². The molecule has 0 radical (unpaired) electrons. The first-order chi connectivity index (χ1) is 21.5. The number of amides is 2. The summed E-state index contributed by atoms with van der Waals surface area (Å²) >= 11 is 0. The van der Waals surface area contributed by atoms with E-state index in [0.29, 0.717) is 19.5 Å². The molecule has 1 aliphatic heterocycles. The van der Waals surface area contributed by atoms with Gasteiger partial charge in [-0.05, 0) is 37.5 Å². The van der Waals surface area contributed by atoms with Crippen molar-refractivity contribution in [2.45, 2.75) is 38.0 Å². The lowest BCUT2D eigenvalue weighted by Crippen LogP contribution is -2.52. The molecule has 2 amide bonds. The van der Waals surface area contributed by atoms with Crippen LogP contribution < -0.4 is 11.1 Å². The molecule has 0 bridgehead atoms. The van der Waals surface area contributed by atoms with E-state index in [2.05, 4.69) is 20.4 Å². The van der Waals surface area contributed by atoms with Crippen molar-refractivity contribution in [2.24, 2.45) is 11.7 Å². The molecule has 12 nitrogen and oxygen atoms in total. The van der Waals surface area contributed by atoms with Crippen molar-refractivity contribution in [2.75, 3.05) is 31.5 Å².